The van der Waals surface area contributed by atoms with Gasteiger partial charge in [0.1, 0.15) is 11.5 Å². The summed E-state index contributed by atoms with van der Waals surface area (Å²) in [6.45, 7) is 3.57. The fourth-order valence-corrected chi connectivity index (χ4v) is 1.80. The molecular weight excluding hydrogens is 238 g/mol. The van der Waals surface area contributed by atoms with E-state index in [0.29, 0.717) is 6.54 Å². The SMILES string of the molecule is Cc1cccc(Oc2ccc(CNCCO)cc2)c1. The molecule has 100 valence electrons. The van der Waals surface area contributed by atoms with E-state index in [9.17, 15) is 0 Å². The molecule has 3 nitrogen and oxygen atoms in total. The van der Waals surface area contributed by atoms with E-state index >= 15 is 0 Å². The van der Waals surface area contributed by atoms with Gasteiger partial charge in [-0.25, -0.2) is 0 Å². The highest BCUT2D eigenvalue weighted by atomic mass is 16.5. The molecule has 0 spiro atoms. The van der Waals surface area contributed by atoms with Crippen molar-refractivity contribution < 1.29 is 9.84 Å². The number of nitrogens with one attached hydrogen (secondary N) is 1. The molecule has 0 aliphatic heterocycles. The molecule has 19 heavy (non-hydrogen) atoms. The van der Waals surface area contributed by atoms with E-state index in [2.05, 4.69) is 5.32 Å². The van der Waals surface area contributed by atoms with Gasteiger partial charge in [0.15, 0.2) is 0 Å². The van der Waals surface area contributed by atoms with Gasteiger partial charge in [-0.05, 0) is 42.3 Å². The normalized spacial score (nSPS) is 10.4. The summed E-state index contributed by atoms with van der Waals surface area (Å²) in [7, 11) is 0. The fourth-order valence-electron chi connectivity index (χ4n) is 1.80. The Hall–Kier alpha value is -1.84. The van der Waals surface area contributed by atoms with Crippen molar-refractivity contribution >= 4 is 0 Å². The van der Waals surface area contributed by atoms with Crippen LogP contribution in [0.5, 0.6) is 11.5 Å². The summed E-state index contributed by atoms with van der Waals surface area (Å²) in [5, 5.41) is 11.8. The monoisotopic (exact) mass is 257 g/mol. The molecular formula is C16H19NO2. The van der Waals surface area contributed by atoms with Gasteiger partial charge in [-0.3, -0.25) is 0 Å². The minimum Gasteiger partial charge on any atom is -0.457 e. The number of aliphatic hydroxyl groups is 1. The number of ether oxygens (including phenoxy) is 1. The first-order valence-corrected chi connectivity index (χ1v) is 6.43. The van der Waals surface area contributed by atoms with Crippen LogP contribution < -0.4 is 10.1 Å². The van der Waals surface area contributed by atoms with Gasteiger partial charge < -0.3 is 15.2 Å². The third-order valence-corrected chi connectivity index (χ3v) is 2.77. The predicted octanol–water partition coefficient (Wildman–Crippen LogP) is 2.87. The lowest BCUT2D eigenvalue weighted by molar-refractivity contribution is 0.292. The molecule has 2 aromatic carbocycles. The van der Waals surface area contributed by atoms with E-state index in [1.807, 2.05) is 55.5 Å². The van der Waals surface area contributed by atoms with Gasteiger partial charge in [-0.15, -0.1) is 0 Å². The van der Waals surface area contributed by atoms with E-state index in [-0.39, 0.29) is 6.61 Å². The summed E-state index contributed by atoms with van der Waals surface area (Å²) in [4.78, 5) is 0. The van der Waals surface area contributed by atoms with E-state index < -0.39 is 0 Å². The summed E-state index contributed by atoms with van der Waals surface area (Å²) in [5.74, 6) is 1.68. The number of hydrogen-bond acceptors (Lipinski definition) is 3. The van der Waals surface area contributed by atoms with Crippen LogP contribution in [0.4, 0.5) is 0 Å². The van der Waals surface area contributed by atoms with Crippen LogP contribution in [0, 0.1) is 6.92 Å². The van der Waals surface area contributed by atoms with Crippen LogP contribution >= 0.6 is 0 Å². The number of rotatable bonds is 6. The Kier molecular flexibility index (Phi) is 4.95. The van der Waals surface area contributed by atoms with E-state index in [4.69, 9.17) is 9.84 Å². The first-order valence-electron chi connectivity index (χ1n) is 6.43. The maximum absolute atomic E-state index is 8.69. The van der Waals surface area contributed by atoms with Crippen molar-refractivity contribution in [2.75, 3.05) is 13.2 Å². The van der Waals surface area contributed by atoms with Crippen LogP contribution in [-0.4, -0.2) is 18.3 Å². The second kappa shape index (κ2) is 6.92. The second-order valence-electron chi connectivity index (χ2n) is 4.46. The number of aliphatic hydroxyl groups excluding tert-OH is 1. The average molecular weight is 257 g/mol. The third-order valence-electron chi connectivity index (χ3n) is 2.77. The molecule has 0 saturated carbocycles. The van der Waals surface area contributed by atoms with Gasteiger partial charge in [-0.1, -0.05) is 24.3 Å². The van der Waals surface area contributed by atoms with E-state index in [1.54, 1.807) is 0 Å². The Labute approximate surface area is 113 Å². The van der Waals surface area contributed by atoms with E-state index in [0.717, 1.165) is 18.0 Å². The smallest absolute Gasteiger partial charge is 0.127 e. The van der Waals surface area contributed by atoms with Crippen LogP contribution in [0.15, 0.2) is 48.5 Å². The fraction of sp³-hybridized carbons (Fsp3) is 0.250. The molecule has 0 aliphatic carbocycles. The van der Waals surface area contributed by atoms with Crippen molar-refractivity contribution in [3.63, 3.8) is 0 Å². The summed E-state index contributed by atoms with van der Waals surface area (Å²) in [6, 6.07) is 15.9. The minimum absolute atomic E-state index is 0.161. The lowest BCUT2D eigenvalue weighted by Gasteiger charge is -2.08. The first-order chi connectivity index (χ1) is 9.28. The quantitative estimate of drug-likeness (QED) is 0.782. The summed E-state index contributed by atoms with van der Waals surface area (Å²) >= 11 is 0. The molecule has 3 heteroatoms. The number of hydrogen-bond donors (Lipinski definition) is 2. The second-order valence-corrected chi connectivity index (χ2v) is 4.46. The van der Waals surface area contributed by atoms with Gasteiger partial charge in [-0.2, -0.15) is 0 Å². The van der Waals surface area contributed by atoms with Gasteiger partial charge in [0.25, 0.3) is 0 Å². The standard InChI is InChI=1S/C16H19NO2/c1-13-3-2-4-16(11-13)19-15-7-5-14(6-8-15)12-17-9-10-18/h2-8,11,17-18H,9-10,12H2,1H3. The highest BCUT2D eigenvalue weighted by molar-refractivity contribution is 5.34. The molecule has 0 aromatic heterocycles. The first kappa shape index (κ1) is 13.6. The maximum atomic E-state index is 8.69. The van der Waals surface area contributed by atoms with Crippen LogP contribution in [-0.2, 0) is 6.54 Å². The molecule has 0 radical (unpaired) electrons. The largest absolute Gasteiger partial charge is 0.457 e. The molecule has 0 amide bonds. The van der Waals surface area contributed by atoms with Crippen LogP contribution in [0.3, 0.4) is 0 Å². The van der Waals surface area contributed by atoms with Crippen molar-refractivity contribution in [2.24, 2.45) is 0 Å². The highest BCUT2D eigenvalue weighted by Crippen LogP contribution is 2.22. The Bertz CT molecular complexity index is 508. The van der Waals surface area contributed by atoms with Gasteiger partial charge in [0, 0.05) is 13.1 Å². The average Bonchev–Trinajstić information content (AvgIpc) is 2.41. The van der Waals surface area contributed by atoms with Crippen LogP contribution in [0.2, 0.25) is 0 Å². The van der Waals surface area contributed by atoms with E-state index in [1.165, 1.54) is 11.1 Å². The van der Waals surface area contributed by atoms with Gasteiger partial charge in [0.2, 0.25) is 0 Å². The van der Waals surface area contributed by atoms with Crippen LogP contribution in [0.1, 0.15) is 11.1 Å². The molecule has 0 atom stereocenters. The molecule has 0 fully saturated rings. The van der Waals surface area contributed by atoms with Crippen molar-refractivity contribution in [1.29, 1.82) is 0 Å². The Morgan fingerprint density at radius 2 is 1.84 bits per heavy atom. The minimum atomic E-state index is 0.161. The lowest BCUT2D eigenvalue weighted by Crippen LogP contribution is -2.17. The molecule has 2 rings (SSSR count). The topological polar surface area (TPSA) is 41.5 Å². The zero-order chi connectivity index (χ0) is 13.5. The molecule has 0 aliphatic rings. The Morgan fingerprint density at radius 1 is 1.05 bits per heavy atom. The van der Waals surface area contributed by atoms with Crippen molar-refractivity contribution in [2.45, 2.75) is 13.5 Å². The van der Waals surface area contributed by atoms with Crippen LogP contribution in [0.25, 0.3) is 0 Å². The Morgan fingerprint density at radius 3 is 2.53 bits per heavy atom. The van der Waals surface area contributed by atoms with Crippen molar-refractivity contribution in [3.05, 3.63) is 59.7 Å². The van der Waals surface area contributed by atoms with Crippen molar-refractivity contribution in [1.82, 2.24) is 5.32 Å². The lowest BCUT2D eigenvalue weighted by atomic mass is 10.2. The highest BCUT2D eigenvalue weighted by Gasteiger charge is 1.98. The number of aryl methyl sites for hydroxylation is 1. The maximum Gasteiger partial charge on any atom is 0.127 e. The summed E-state index contributed by atoms with van der Waals surface area (Å²) in [6.07, 6.45) is 0. The molecule has 0 saturated heterocycles. The summed E-state index contributed by atoms with van der Waals surface area (Å²) in [5.41, 5.74) is 2.35. The number of benzene rings is 2. The molecule has 0 heterocycles. The van der Waals surface area contributed by atoms with Gasteiger partial charge in [0.05, 0.1) is 6.61 Å². The van der Waals surface area contributed by atoms with Crippen molar-refractivity contribution in [3.8, 4) is 11.5 Å². The predicted molar refractivity (Wildman–Crippen MR) is 76.5 cm³/mol. The molecule has 0 bridgehead atoms. The molecule has 2 N–H and O–H groups in total. The molecule has 2 aromatic rings. The molecule has 0 unspecified atom stereocenters. The summed E-state index contributed by atoms with van der Waals surface area (Å²) < 4.78 is 5.78. The zero-order valence-corrected chi connectivity index (χ0v) is 11.1. The Balaban J connectivity index is 1.95. The third kappa shape index (κ3) is 4.39. The zero-order valence-electron chi connectivity index (χ0n) is 11.1. The van der Waals surface area contributed by atoms with Gasteiger partial charge >= 0.3 is 0 Å².